The lowest BCUT2D eigenvalue weighted by atomic mass is 10.0. The van der Waals surface area contributed by atoms with Crippen LogP contribution in [0, 0.1) is 0 Å². The normalized spacial score (nSPS) is 27.9. The van der Waals surface area contributed by atoms with Gasteiger partial charge in [-0.2, -0.15) is 0 Å². The molecule has 128 valence electrons. The van der Waals surface area contributed by atoms with Gasteiger partial charge in [0.1, 0.15) is 0 Å². The SMILES string of the molecule is CCCCCN1CCN(Cc2cccnc2)[C@@H]2CS(=O)(=O)C[C@@H]21. The van der Waals surface area contributed by atoms with Gasteiger partial charge in [-0.25, -0.2) is 8.42 Å². The fourth-order valence-electron chi connectivity index (χ4n) is 3.86. The summed E-state index contributed by atoms with van der Waals surface area (Å²) in [5.41, 5.74) is 1.16. The molecule has 2 saturated heterocycles. The van der Waals surface area contributed by atoms with Crippen LogP contribution < -0.4 is 0 Å². The van der Waals surface area contributed by atoms with Crippen LogP contribution in [0.4, 0.5) is 0 Å². The van der Waals surface area contributed by atoms with Crippen molar-refractivity contribution in [2.24, 2.45) is 0 Å². The Morgan fingerprint density at radius 3 is 2.61 bits per heavy atom. The molecule has 1 aromatic heterocycles. The standard InChI is InChI=1S/C17H27N3O2S/c1-2-3-4-8-19-9-10-20(12-15-6-5-7-18-11-15)17-14-23(21,22)13-16(17)19/h5-7,11,16-17H,2-4,8-10,12-14H2,1H3/t16-,17+/m0/s1. The molecule has 2 atom stereocenters. The lowest BCUT2D eigenvalue weighted by molar-refractivity contribution is 0.0394. The van der Waals surface area contributed by atoms with E-state index in [0.717, 1.165) is 31.7 Å². The molecule has 0 aliphatic carbocycles. The van der Waals surface area contributed by atoms with Crippen LogP contribution in [0.1, 0.15) is 31.7 Å². The average Bonchev–Trinajstić information content (AvgIpc) is 2.86. The smallest absolute Gasteiger partial charge is 0.153 e. The van der Waals surface area contributed by atoms with Gasteiger partial charge in [-0.05, 0) is 24.6 Å². The first-order valence-corrected chi connectivity index (χ1v) is 10.5. The van der Waals surface area contributed by atoms with Crippen LogP contribution in [-0.2, 0) is 16.4 Å². The number of aromatic nitrogens is 1. The van der Waals surface area contributed by atoms with Gasteiger partial charge in [0.15, 0.2) is 9.84 Å². The molecule has 23 heavy (non-hydrogen) atoms. The quantitative estimate of drug-likeness (QED) is 0.737. The third-order valence-electron chi connectivity index (χ3n) is 5.06. The Morgan fingerprint density at radius 1 is 1.17 bits per heavy atom. The predicted molar refractivity (Wildman–Crippen MR) is 92.0 cm³/mol. The molecule has 0 saturated carbocycles. The molecule has 6 heteroatoms. The van der Waals surface area contributed by atoms with Crippen molar-refractivity contribution < 1.29 is 8.42 Å². The Hall–Kier alpha value is -0.980. The molecule has 0 unspecified atom stereocenters. The molecule has 3 heterocycles. The lowest BCUT2D eigenvalue weighted by Crippen LogP contribution is -2.58. The van der Waals surface area contributed by atoms with Gasteiger partial charge in [0, 0.05) is 44.1 Å². The highest BCUT2D eigenvalue weighted by Crippen LogP contribution is 2.28. The molecule has 0 spiro atoms. The number of hydrogen-bond acceptors (Lipinski definition) is 5. The van der Waals surface area contributed by atoms with Crippen molar-refractivity contribution in [2.75, 3.05) is 31.1 Å². The molecule has 2 fully saturated rings. The van der Waals surface area contributed by atoms with E-state index in [2.05, 4.69) is 27.8 Å². The molecule has 0 aromatic carbocycles. The fraction of sp³-hybridized carbons (Fsp3) is 0.706. The third-order valence-corrected chi connectivity index (χ3v) is 6.76. The van der Waals surface area contributed by atoms with Crippen molar-refractivity contribution >= 4 is 9.84 Å². The highest BCUT2D eigenvalue weighted by molar-refractivity contribution is 7.91. The number of hydrogen-bond donors (Lipinski definition) is 0. The molecule has 0 bridgehead atoms. The minimum Gasteiger partial charge on any atom is -0.297 e. The topological polar surface area (TPSA) is 53.5 Å². The van der Waals surface area contributed by atoms with Crippen molar-refractivity contribution in [3.63, 3.8) is 0 Å². The van der Waals surface area contributed by atoms with Gasteiger partial charge >= 0.3 is 0 Å². The summed E-state index contributed by atoms with van der Waals surface area (Å²) >= 11 is 0. The largest absolute Gasteiger partial charge is 0.297 e. The van der Waals surface area contributed by atoms with E-state index in [1.54, 1.807) is 6.20 Å². The highest BCUT2D eigenvalue weighted by atomic mass is 32.2. The molecule has 2 aliphatic rings. The maximum atomic E-state index is 12.2. The number of nitrogens with zero attached hydrogens (tertiary/aromatic N) is 3. The summed E-state index contributed by atoms with van der Waals surface area (Å²) in [7, 11) is -2.92. The molecule has 0 amide bonds. The van der Waals surface area contributed by atoms with Crippen LogP contribution >= 0.6 is 0 Å². The Balaban J connectivity index is 1.70. The summed E-state index contributed by atoms with van der Waals surface area (Å²) in [5, 5.41) is 0. The van der Waals surface area contributed by atoms with Crippen LogP contribution in [0.15, 0.2) is 24.5 Å². The summed E-state index contributed by atoms with van der Waals surface area (Å²) < 4.78 is 24.4. The summed E-state index contributed by atoms with van der Waals surface area (Å²) in [5.74, 6) is 0.634. The zero-order valence-electron chi connectivity index (χ0n) is 13.9. The average molecular weight is 337 g/mol. The molecule has 0 N–H and O–H groups in total. The van der Waals surface area contributed by atoms with E-state index in [1.165, 1.54) is 19.3 Å². The molecule has 5 nitrogen and oxygen atoms in total. The van der Waals surface area contributed by atoms with Crippen LogP contribution in [-0.4, -0.2) is 66.4 Å². The van der Waals surface area contributed by atoms with Gasteiger partial charge in [0.25, 0.3) is 0 Å². The number of piperazine rings is 1. The van der Waals surface area contributed by atoms with Crippen LogP contribution in [0.3, 0.4) is 0 Å². The zero-order valence-corrected chi connectivity index (χ0v) is 14.7. The number of pyridine rings is 1. The first kappa shape index (κ1) is 16.9. The molecule has 2 aliphatic heterocycles. The predicted octanol–water partition coefficient (Wildman–Crippen LogP) is 1.56. The van der Waals surface area contributed by atoms with Crippen molar-refractivity contribution in [1.82, 2.24) is 14.8 Å². The molecule has 1 aromatic rings. The maximum absolute atomic E-state index is 12.2. The van der Waals surface area contributed by atoms with Crippen molar-refractivity contribution in [3.05, 3.63) is 30.1 Å². The second-order valence-corrected chi connectivity index (χ2v) is 8.94. The number of rotatable bonds is 6. The Kier molecular flexibility index (Phi) is 5.34. The van der Waals surface area contributed by atoms with Crippen LogP contribution in [0.25, 0.3) is 0 Å². The minimum atomic E-state index is -2.92. The summed E-state index contributed by atoms with van der Waals surface area (Å²) in [6, 6.07) is 4.32. The van der Waals surface area contributed by atoms with Gasteiger partial charge in [-0.1, -0.05) is 25.8 Å². The second-order valence-electron chi connectivity index (χ2n) is 6.79. The highest BCUT2D eigenvalue weighted by Gasteiger charge is 2.46. The van der Waals surface area contributed by atoms with E-state index < -0.39 is 9.84 Å². The number of sulfone groups is 1. The second kappa shape index (κ2) is 7.28. The molecule has 3 rings (SSSR count). The van der Waals surface area contributed by atoms with Gasteiger partial charge in [0.05, 0.1) is 11.5 Å². The van der Waals surface area contributed by atoms with E-state index in [0.29, 0.717) is 11.5 Å². The monoisotopic (exact) mass is 337 g/mol. The van der Waals surface area contributed by atoms with Crippen molar-refractivity contribution in [2.45, 2.75) is 44.8 Å². The first-order chi connectivity index (χ1) is 11.1. The third kappa shape index (κ3) is 4.11. The summed E-state index contributed by atoms with van der Waals surface area (Å²) in [4.78, 5) is 8.94. The van der Waals surface area contributed by atoms with E-state index in [4.69, 9.17) is 0 Å². The van der Waals surface area contributed by atoms with E-state index in [9.17, 15) is 8.42 Å². The van der Waals surface area contributed by atoms with Gasteiger partial charge in [0.2, 0.25) is 0 Å². The minimum absolute atomic E-state index is 0.135. The maximum Gasteiger partial charge on any atom is 0.153 e. The molecule has 0 radical (unpaired) electrons. The molecular formula is C17H27N3O2S. The first-order valence-electron chi connectivity index (χ1n) is 8.66. The van der Waals surface area contributed by atoms with Crippen LogP contribution in [0.5, 0.6) is 0 Å². The van der Waals surface area contributed by atoms with Gasteiger partial charge in [-0.3, -0.25) is 14.8 Å². The number of fused-ring (bicyclic) bond motifs is 1. The fourth-order valence-corrected chi connectivity index (χ4v) is 5.90. The van der Waals surface area contributed by atoms with Gasteiger partial charge in [-0.15, -0.1) is 0 Å². The zero-order chi connectivity index (χ0) is 16.3. The van der Waals surface area contributed by atoms with Gasteiger partial charge < -0.3 is 0 Å². The summed E-state index contributed by atoms with van der Waals surface area (Å²) in [6.07, 6.45) is 7.25. The number of unbranched alkanes of at least 4 members (excludes halogenated alkanes) is 2. The van der Waals surface area contributed by atoms with Crippen molar-refractivity contribution in [3.8, 4) is 0 Å². The van der Waals surface area contributed by atoms with Crippen LogP contribution in [0.2, 0.25) is 0 Å². The van der Waals surface area contributed by atoms with E-state index in [1.807, 2.05) is 12.3 Å². The Labute approximate surface area is 139 Å². The van der Waals surface area contributed by atoms with E-state index >= 15 is 0 Å². The van der Waals surface area contributed by atoms with Crippen molar-refractivity contribution in [1.29, 1.82) is 0 Å². The van der Waals surface area contributed by atoms with E-state index in [-0.39, 0.29) is 12.1 Å². The lowest BCUT2D eigenvalue weighted by Gasteiger charge is -2.44. The Bertz CT molecular complexity index is 606. The Morgan fingerprint density at radius 2 is 1.91 bits per heavy atom. The molecular weight excluding hydrogens is 310 g/mol. The summed E-state index contributed by atoms with van der Waals surface area (Å²) in [6.45, 7) is 5.95.